The van der Waals surface area contributed by atoms with E-state index in [0.717, 1.165) is 28.1 Å². The van der Waals surface area contributed by atoms with Crippen molar-refractivity contribution in [3.05, 3.63) is 121 Å². The van der Waals surface area contributed by atoms with Crippen molar-refractivity contribution in [2.24, 2.45) is 0 Å². The van der Waals surface area contributed by atoms with Crippen LogP contribution in [-0.2, 0) is 22.7 Å². The molecule has 12 heteroatoms. The van der Waals surface area contributed by atoms with Crippen molar-refractivity contribution in [1.29, 1.82) is 0 Å². The van der Waals surface area contributed by atoms with Crippen LogP contribution in [0.15, 0.2) is 104 Å². The Morgan fingerprint density at radius 1 is 0.896 bits per heavy atom. The van der Waals surface area contributed by atoms with Gasteiger partial charge in [0.1, 0.15) is 11.5 Å². The molecule has 0 aliphatic carbocycles. The molecule has 0 spiro atoms. The van der Waals surface area contributed by atoms with Crippen LogP contribution in [0.3, 0.4) is 0 Å². The standard InChI is InChI=1S/C33H31N7O3.C3H3ClO/c1-4-29(41)36-26-11-6-8-23-24(26)9-5-10-25(23)31-37-30(32(42)35-21-13-15-22(16-14-21)38(2)3)28-20-39(18-19-40(28)31)33(43)27-12-7-17-34-27;1-2-3(4)5/h4-17,34H,1,18-20H2,2-3H3,(H,35,42)(H,36,41);2H,1H2. The van der Waals surface area contributed by atoms with Crippen LogP contribution in [0, 0.1) is 0 Å². The second kappa shape index (κ2) is 14.7. The molecule has 244 valence electrons. The lowest BCUT2D eigenvalue weighted by Crippen LogP contribution is -2.39. The van der Waals surface area contributed by atoms with Gasteiger partial charge in [-0.3, -0.25) is 19.2 Å². The van der Waals surface area contributed by atoms with Crippen molar-refractivity contribution >= 4 is 62.4 Å². The topological polar surface area (TPSA) is 132 Å². The number of rotatable bonds is 8. The molecule has 0 atom stereocenters. The smallest absolute Gasteiger partial charge is 0.276 e. The lowest BCUT2D eigenvalue weighted by Gasteiger charge is -2.29. The lowest BCUT2D eigenvalue weighted by molar-refractivity contribution is -0.112. The summed E-state index contributed by atoms with van der Waals surface area (Å²) in [5.74, 6) is -0.188. The van der Waals surface area contributed by atoms with Crippen LogP contribution in [0.25, 0.3) is 22.2 Å². The number of aromatic amines is 1. The van der Waals surface area contributed by atoms with E-state index in [0.29, 0.717) is 41.7 Å². The van der Waals surface area contributed by atoms with Crippen molar-refractivity contribution in [3.63, 3.8) is 0 Å². The third kappa shape index (κ3) is 7.21. The van der Waals surface area contributed by atoms with Crippen molar-refractivity contribution in [2.45, 2.75) is 13.1 Å². The molecule has 3 heterocycles. The summed E-state index contributed by atoms with van der Waals surface area (Å²) in [6.07, 6.45) is 3.99. The highest BCUT2D eigenvalue weighted by Gasteiger charge is 2.31. The van der Waals surface area contributed by atoms with E-state index in [9.17, 15) is 19.2 Å². The lowest BCUT2D eigenvalue weighted by atomic mass is 10.0. The Morgan fingerprint density at radius 2 is 1.60 bits per heavy atom. The first-order chi connectivity index (χ1) is 23.1. The van der Waals surface area contributed by atoms with Gasteiger partial charge in [-0.2, -0.15) is 0 Å². The number of allylic oxidation sites excluding steroid dienone is 1. The number of hydrogen-bond acceptors (Lipinski definition) is 6. The highest BCUT2D eigenvalue weighted by atomic mass is 35.5. The second-order valence-electron chi connectivity index (χ2n) is 11.0. The quantitative estimate of drug-likeness (QED) is 0.136. The summed E-state index contributed by atoms with van der Waals surface area (Å²) >= 11 is 4.71. The molecule has 11 nitrogen and oxygen atoms in total. The van der Waals surface area contributed by atoms with Gasteiger partial charge in [-0.1, -0.05) is 43.5 Å². The average Bonchev–Trinajstić information content (AvgIpc) is 3.77. The van der Waals surface area contributed by atoms with Crippen molar-refractivity contribution in [3.8, 4) is 11.4 Å². The maximum absolute atomic E-state index is 13.8. The molecule has 1 aliphatic heterocycles. The Labute approximate surface area is 282 Å². The van der Waals surface area contributed by atoms with E-state index in [1.165, 1.54) is 6.08 Å². The van der Waals surface area contributed by atoms with Gasteiger partial charge in [0, 0.05) is 61.4 Å². The van der Waals surface area contributed by atoms with E-state index in [4.69, 9.17) is 16.6 Å². The monoisotopic (exact) mass is 663 g/mol. The number of halogens is 1. The molecule has 2 aromatic heterocycles. The maximum Gasteiger partial charge on any atom is 0.276 e. The summed E-state index contributed by atoms with van der Waals surface area (Å²) in [6, 6.07) is 22.5. The normalized spacial score (nSPS) is 11.9. The number of carbonyl (C=O) groups excluding carboxylic acids is 4. The molecule has 3 N–H and O–H groups in total. The molecule has 0 saturated heterocycles. The molecule has 0 fully saturated rings. The summed E-state index contributed by atoms with van der Waals surface area (Å²) in [5, 5.41) is 7.05. The molecule has 0 radical (unpaired) electrons. The third-order valence-electron chi connectivity index (χ3n) is 7.75. The van der Waals surface area contributed by atoms with E-state index in [2.05, 4.69) is 28.8 Å². The zero-order chi connectivity index (χ0) is 34.4. The molecule has 3 aromatic carbocycles. The number of fused-ring (bicyclic) bond motifs is 2. The number of benzene rings is 3. The van der Waals surface area contributed by atoms with Gasteiger partial charge in [0.05, 0.1) is 12.2 Å². The number of aromatic nitrogens is 3. The van der Waals surface area contributed by atoms with E-state index in [1.54, 1.807) is 23.2 Å². The number of hydrogen-bond donors (Lipinski definition) is 3. The first kappa shape index (κ1) is 33.4. The van der Waals surface area contributed by atoms with Crippen LogP contribution >= 0.6 is 11.6 Å². The first-order valence-electron chi connectivity index (χ1n) is 15.0. The summed E-state index contributed by atoms with van der Waals surface area (Å²) in [4.78, 5) is 60.2. The van der Waals surface area contributed by atoms with Gasteiger partial charge in [0.15, 0.2) is 5.69 Å². The van der Waals surface area contributed by atoms with Gasteiger partial charge in [-0.05, 0) is 71.6 Å². The van der Waals surface area contributed by atoms with Gasteiger partial charge >= 0.3 is 0 Å². The Bertz CT molecular complexity index is 2010. The minimum absolute atomic E-state index is 0.141. The number of amides is 3. The van der Waals surface area contributed by atoms with E-state index in [-0.39, 0.29) is 30.0 Å². The predicted octanol–water partition coefficient (Wildman–Crippen LogP) is 6.07. The zero-order valence-corrected chi connectivity index (χ0v) is 27.3. The Hall–Kier alpha value is -5.94. The highest BCUT2D eigenvalue weighted by Crippen LogP contribution is 2.35. The number of carbonyl (C=O) groups is 4. The minimum Gasteiger partial charge on any atom is -0.378 e. The summed E-state index contributed by atoms with van der Waals surface area (Å²) in [7, 11) is 3.91. The summed E-state index contributed by atoms with van der Waals surface area (Å²) < 4.78 is 2.02. The van der Waals surface area contributed by atoms with E-state index < -0.39 is 5.24 Å². The molecule has 0 unspecified atom stereocenters. The van der Waals surface area contributed by atoms with Crippen LogP contribution in [0.2, 0.25) is 0 Å². The molecule has 6 rings (SSSR count). The Morgan fingerprint density at radius 3 is 2.25 bits per heavy atom. The van der Waals surface area contributed by atoms with E-state index >= 15 is 0 Å². The molecule has 0 saturated carbocycles. The molecule has 5 aromatic rings. The van der Waals surface area contributed by atoms with Crippen molar-refractivity contribution in [1.82, 2.24) is 19.4 Å². The van der Waals surface area contributed by atoms with Gasteiger partial charge < -0.3 is 30.0 Å². The van der Waals surface area contributed by atoms with Crippen LogP contribution in [0.1, 0.15) is 26.7 Å². The fourth-order valence-electron chi connectivity index (χ4n) is 5.39. The maximum atomic E-state index is 13.8. The number of nitrogens with one attached hydrogen (secondary N) is 3. The predicted molar refractivity (Wildman–Crippen MR) is 189 cm³/mol. The Kier molecular flexibility index (Phi) is 10.2. The number of imidazole rings is 1. The summed E-state index contributed by atoms with van der Waals surface area (Å²) in [5.41, 5.74) is 4.51. The molecule has 48 heavy (non-hydrogen) atoms. The highest BCUT2D eigenvalue weighted by molar-refractivity contribution is 6.66. The zero-order valence-electron chi connectivity index (χ0n) is 26.5. The van der Waals surface area contributed by atoms with Gasteiger partial charge in [-0.15, -0.1) is 0 Å². The van der Waals surface area contributed by atoms with Gasteiger partial charge in [-0.25, -0.2) is 4.98 Å². The number of anilines is 3. The molecule has 1 aliphatic rings. The van der Waals surface area contributed by atoms with Crippen LogP contribution in [0.5, 0.6) is 0 Å². The summed E-state index contributed by atoms with van der Waals surface area (Å²) in [6.45, 7) is 7.76. The average molecular weight is 664 g/mol. The van der Waals surface area contributed by atoms with Crippen molar-refractivity contribution in [2.75, 3.05) is 36.2 Å². The van der Waals surface area contributed by atoms with Crippen LogP contribution < -0.4 is 15.5 Å². The minimum atomic E-state index is -0.509. The largest absolute Gasteiger partial charge is 0.378 e. The SMILES string of the molecule is C=CC(=O)Cl.C=CC(=O)Nc1cccc2c(-c3nc(C(=O)Nc4ccc(N(C)C)cc4)c4n3CCN(C(=O)c3ccc[nH]3)C4)cccc12. The number of nitrogens with zero attached hydrogens (tertiary/aromatic N) is 4. The van der Waals surface area contributed by atoms with Gasteiger partial charge in [0.2, 0.25) is 11.1 Å². The number of H-pyrrole nitrogens is 1. The van der Waals surface area contributed by atoms with Gasteiger partial charge in [0.25, 0.3) is 11.8 Å². The molecule has 0 bridgehead atoms. The molecular formula is C36H34ClN7O4. The van der Waals surface area contributed by atoms with Crippen LogP contribution in [-0.4, -0.2) is 63.0 Å². The molecular weight excluding hydrogens is 630 g/mol. The van der Waals surface area contributed by atoms with E-state index in [1.807, 2.05) is 84.2 Å². The molecule has 3 amide bonds. The van der Waals surface area contributed by atoms with Crippen molar-refractivity contribution < 1.29 is 19.2 Å². The van der Waals surface area contributed by atoms with Crippen LogP contribution in [0.4, 0.5) is 17.1 Å². The Balaban J connectivity index is 0.000000840. The first-order valence-corrected chi connectivity index (χ1v) is 15.4. The fourth-order valence-corrected chi connectivity index (χ4v) is 5.39. The third-order valence-corrected chi connectivity index (χ3v) is 7.90. The fraction of sp³-hybridized carbons (Fsp3) is 0.139. The second-order valence-corrected chi connectivity index (χ2v) is 11.4.